The third-order valence-corrected chi connectivity index (χ3v) is 6.02. The molecule has 3 aromatic rings. The quantitative estimate of drug-likeness (QED) is 0.655. The van der Waals surface area contributed by atoms with Gasteiger partial charge in [-0.25, -0.2) is 4.39 Å². The second kappa shape index (κ2) is 8.48. The van der Waals surface area contributed by atoms with E-state index in [2.05, 4.69) is 11.4 Å². The lowest BCUT2D eigenvalue weighted by Gasteiger charge is -2.21. The Morgan fingerprint density at radius 3 is 2.54 bits per heavy atom. The van der Waals surface area contributed by atoms with Gasteiger partial charge in [-0.05, 0) is 35.7 Å². The summed E-state index contributed by atoms with van der Waals surface area (Å²) in [7, 11) is 0. The van der Waals surface area contributed by atoms with Crippen molar-refractivity contribution < 1.29 is 13.9 Å². The summed E-state index contributed by atoms with van der Waals surface area (Å²) in [5.41, 5.74) is 2.12. The molecule has 3 nitrogen and oxygen atoms in total. The van der Waals surface area contributed by atoms with Gasteiger partial charge >= 0.3 is 0 Å². The molecule has 1 N–H and O–H groups in total. The van der Waals surface area contributed by atoms with E-state index in [0.29, 0.717) is 6.42 Å². The van der Waals surface area contributed by atoms with Crippen LogP contribution in [0.5, 0.6) is 5.75 Å². The Bertz CT molecular complexity index is 939. The second-order valence-electron chi connectivity index (χ2n) is 6.63. The molecule has 0 aliphatic carbocycles. The maximum absolute atomic E-state index is 13.9. The van der Waals surface area contributed by atoms with Gasteiger partial charge in [0.2, 0.25) is 5.91 Å². The van der Waals surface area contributed by atoms with Crippen LogP contribution >= 0.6 is 11.8 Å². The molecule has 0 saturated carbocycles. The normalized spacial score (nSPS) is 16.2. The van der Waals surface area contributed by atoms with Crippen LogP contribution in [0.3, 0.4) is 0 Å². The van der Waals surface area contributed by atoms with Crippen molar-refractivity contribution in [3.8, 4) is 5.75 Å². The van der Waals surface area contributed by atoms with Crippen LogP contribution < -0.4 is 10.1 Å². The first-order chi connectivity index (χ1) is 13.7. The van der Waals surface area contributed by atoms with Crippen molar-refractivity contribution in [1.82, 2.24) is 5.32 Å². The van der Waals surface area contributed by atoms with E-state index in [1.807, 2.05) is 48.5 Å². The lowest BCUT2D eigenvalue weighted by Crippen LogP contribution is -2.38. The fourth-order valence-electron chi connectivity index (χ4n) is 3.23. The number of fused-ring (bicyclic) bond motifs is 1. The van der Waals surface area contributed by atoms with Crippen molar-refractivity contribution in [3.05, 3.63) is 95.8 Å². The van der Waals surface area contributed by atoms with Crippen LogP contribution in [0.25, 0.3) is 0 Å². The van der Waals surface area contributed by atoms with Crippen molar-refractivity contribution in [2.24, 2.45) is 0 Å². The molecule has 0 saturated heterocycles. The smallest absolute Gasteiger partial charge is 0.234 e. The number of benzene rings is 3. The maximum atomic E-state index is 13.9. The fourth-order valence-corrected chi connectivity index (χ4v) is 4.44. The molecule has 0 spiro atoms. The molecule has 0 bridgehead atoms. The highest BCUT2D eigenvalue weighted by Gasteiger charge is 2.29. The lowest BCUT2D eigenvalue weighted by molar-refractivity contribution is -0.121. The SMILES string of the molecule is O=C(NC(COc1ccccc1F)c1ccccc1)C1Cc2ccccc2S1. The van der Waals surface area contributed by atoms with E-state index in [4.69, 9.17) is 4.74 Å². The molecule has 0 aromatic heterocycles. The molecule has 1 aliphatic heterocycles. The van der Waals surface area contributed by atoms with Gasteiger partial charge in [-0.15, -0.1) is 11.8 Å². The van der Waals surface area contributed by atoms with E-state index < -0.39 is 5.82 Å². The number of hydrogen-bond acceptors (Lipinski definition) is 3. The number of rotatable bonds is 6. The van der Waals surface area contributed by atoms with Crippen molar-refractivity contribution >= 4 is 17.7 Å². The zero-order valence-electron chi connectivity index (χ0n) is 15.2. The van der Waals surface area contributed by atoms with E-state index >= 15 is 0 Å². The van der Waals surface area contributed by atoms with E-state index in [9.17, 15) is 9.18 Å². The number of carbonyl (C=O) groups excluding carboxylic acids is 1. The molecule has 4 rings (SSSR count). The predicted molar refractivity (Wildman–Crippen MR) is 109 cm³/mol. The molecular weight excluding hydrogens is 373 g/mol. The topological polar surface area (TPSA) is 38.3 Å². The molecule has 5 heteroatoms. The molecule has 142 valence electrons. The van der Waals surface area contributed by atoms with Gasteiger partial charge in [0.05, 0.1) is 11.3 Å². The minimum absolute atomic E-state index is 0.0350. The number of thioether (sulfide) groups is 1. The average molecular weight is 393 g/mol. The summed E-state index contributed by atoms with van der Waals surface area (Å²) < 4.78 is 19.6. The Hall–Kier alpha value is -2.79. The van der Waals surface area contributed by atoms with Crippen LogP contribution in [0, 0.1) is 5.82 Å². The number of ether oxygens (including phenoxy) is 1. The van der Waals surface area contributed by atoms with Gasteiger partial charge in [-0.2, -0.15) is 0 Å². The highest BCUT2D eigenvalue weighted by atomic mass is 32.2. The molecule has 0 radical (unpaired) electrons. The van der Waals surface area contributed by atoms with Crippen LogP contribution in [-0.2, 0) is 11.2 Å². The van der Waals surface area contributed by atoms with Crippen LogP contribution in [0.1, 0.15) is 17.2 Å². The second-order valence-corrected chi connectivity index (χ2v) is 7.88. The van der Waals surface area contributed by atoms with Crippen molar-refractivity contribution in [1.29, 1.82) is 0 Å². The summed E-state index contributed by atoms with van der Waals surface area (Å²) in [4.78, 5) is 14.1. The minimum atomic E-state index is -0.414. The molecule has 1 aliphatic rings. The standard InChI is InChI=1S/C23H20FNO2S/c24-18-11-5-6-12-20(18)27-15-19(16-8-2-1-3-9-16)25-23(26)22-14-17-10-4-7-13-21(17)28-22/h1-13,19,22H,14-15H2,(H,25,26). The van der Waals surface area contributed by atoms with Gasteiger partial charge in [0.25, 0.3) is 0 Å². The summed E-state index contributed by atoms with van der Waals surface area (Å²) in [6.07, 6.45) is 0.711. The van der Waals surface area contributed by atoms with E-state index in [1.54, 1.807) is 30.0 Å². The number of hydrogen-bond donors (Lipinski definition) is 1. The number of halogens is 1. The van der Waals surface area contributed by atoms with Gasteiger partial charge in [-0.1, -0.05) is 60.7 Å². The molecule has 3 aromatic carbocycles. The van der Waals surface area contributed by atoms with Gasteiger partial charge in [0.15, 0.2) is 11.6 Å². The summed E-state index contributed by atoms with van der Waals surface area (Å²) in [5.74, 6) is -0.269. The molecule has 28 heavy (non-hydrogen) atoms. The van der Waals surface area contributed by atoms with E-state index in [-0.39, 0.29) is 29.6 Å². The van der Waals surface area contributed by atoms with Crippen LogP contribution in [0.4, 0.5) is 4.39 Å². The molecular formula is C23H20FNO2S. The van der Waals surface area contributed by atoms with E-state index in [1.165, 1.54) is 11.6 Å². The number of nitrogens with one attached hydrogen (secondary N) is 1. The summed E-state index contributed by atoms with van der Waals surface area (Å²) in [5, 5.41) is 2.92. The number of para-hydroxylation sites is 1. The van der Waals surface area contributed by atoms with Crippen molar-refractivity contribution in [3.63, 3.8) is 0 Å². The highest BCUT2D eigenvalue weighted by molar-refractivity contribution is 8.01. The lowest BCUT2D eigenvalue weighted by atomic mass is 10.1. The average Bonchev–Trinajstić information content (AvgIpc) is 3.17. The third kappa shape index (κ3) is 4.20. The first-order valence-corrected chi connectivity index (χ1v) is 10.1. The first-order valence-electron chi connectivity index (χ1n) is 9.18. The maximum Gasteiger partial charge on any atom is 0.234 e. The molecule has 1 amide bonds. The largest absolute Gasteiger partial charge is 0.488 e. The Morgan fingerprint density at radius 2 is 1.75 bits per heavy atom. The Labute approximate surface area is 167 Å². The van der Waals surface area contributed by atoms with Crippen molar-refractivity contribution in [2.75, 3.05) is 6.61 Å². The van der Waals surface area contributed by atoms with E-state index in [0.717, 1.165) is 10.5 Å². The zero-order chi connectivity index (χ0) is 19.3. The highest BCUT2D eigenvalue weighted by Crippen LogP contribution is 2.37. The molecule has 1 heterocycles. The molecule has 0 fully saturated rings. The van der Waals surface area contributed by atoms with Crippen LogP contribution in [-0.4, -0.2) is 17.8 Å². The Morgan fingerprint density at radius 1 is 1.04 bits per heavy atom. The first kappa shape index (κ1) is 18.6. The summed E-state index contributed by atoms with van der Waals surface area (Å²) >= 11 is 1.59. The van der Waals surface area contributed by atoms with Gasteiger partial charge in [0.1, 0.15) is 6.61 Å². The number of amides is 1. The van der Waals surface area contributed by atoms with Gasteiger partial charge < -0.3 is 10.1 Å². The van der Waals surface area contributed by atoms with Crippen LogP contribution in [0.15, 0.2) is 83.8 Å². The molecule has 2 unspecified atom stereocenters. The Kier molecular flexibility index (Phi) is 5.63. The summed E-state index contributed by atoms with van der Waals surface area (Å²) in [6, 6.07) is 23.6. The zero-order valence-corrected chi connectivity index (χ0v) is 16.0. The minimum Gasteiger partial charge on any atom is -0.488 e. The number of carbonyl (C=O) groups is 1. The summed E-state index contributed by atoms with van der Waals surface area (Å²) in [6.45, 7) is 0.154. The molecule has 2 atom stereocenters. The third-order valence-electron chi connectivity index (χ3n) is 4.70. The monoisotopic (exact) mass is 393 g/mol. The van der Waals surface area contributed by atoms with Gasteiger partial charge in [0, 0.05) is 4.90 Å². The van der Waals surface area contributed by atoms with Crippen LogP contribution in [0.2, 0.25) is 0 Å². The predicted octanol–water partition coefficient (Wildman–Crippen LogP) is 4.78. The Balaban J connectivity index is 1.47. The fraction of sp³-hybridized carbons (Fsp3) is 0.174. The van der Waals surface area contributed by atoms with Crippen molar-refractivity contribution in [2.45, 2.75) is 22.6 Å². The van der Waals surface area contributed by atoms with Gasteiger partial charge in [-0.3, -0.25) is 4.79 Å².